The highest BCUT2D eigenvalue weighted by Crippen LogP contribution is 2.02. The van der Waals surface area contributed by atoms with Crippen LogP contribution in [-0.4, -0.2) is 23.6 Å². The number of Topliss-reactive ketones (excluding diaryl/α,β-unsaturated/α-hetero) is 1. The highest BCUT2D eigenvalue weighted by molar-refractivity contribution is 8.00. The van der Waals surface area contributed by atoms with E-state index in [2.05, 4.69) is 4.99 Å². The van der Waals surface area contributed by atoms with Crippen molar-refractivity contribution in [2.75, 3.05) is 11.6 Å². The van der Waals surface area contributed by atoms with Gasteiger partial charge in [0.1, 0.15) is 0 Å². The Morgan fingerprint density at radius 3 is 3.00 bits per heavy atom. The largest absolute Gasteiger partial charge is 0.292 e. The number of hydrogen-bond acceptors (Lipinski definition) is 3. The van der Waals surface area contributed by atoms with Crippen LogP contribution in [0.2, 0.25) is 0 Å². The first kappa shape index (κ1) is 4.84. The Labute approximate surface area is 46.0 Å². The fraction of sp³-hybridized carbons (Fsp3) is 0.500. The lowest BCUT2D eigenvalue weighted by molar-refractivity contribution is -0.110. The van der Waals surface area contributed by atoms with Crippen LogP contribution in [0, 0.1) is 0 Å². The van der Waals surface area contributed by atoms with Gasteiger partial charge in [-0.25, -0.2) is 0 Å². The predicted octanol–water partition coefficient (Wildman–Crippen LogP) is 0.331. The zero-order chi connectivity index (χ0) is 5.11. The third kappa shape index (κ3) is 1.31. The summed E-state index contributed by atoms with van der Waals surface area (Å²) >= 11 is 1.56. The normalized spacial score (nSPS) is 20.3. The molecule has 1 aliphatic heterocycles. The Bertz CT molecular complexity index is 110. The second-order valence-electron chi connectivity index (χ2n) is 1.26. The Balaban J connectivity index is 2.51. The first-order valence-corrected chi connectivity index (χ1v) is 3.15. The van der Waals surface area contributed by atoms with Crippen LogP contribution < -0.4 is 0 Å². The van der Waals surface area contributed by atoms with Crippen molar-refractivity contribution in [3.05, 3.63) is 0 Å². The minimum atomic E-state index is 0.135. The standard InChI is InChI=1S/C4H5NOS/c6-4-1-5-3-7-2-4/h1H,2-3H2. The molecule has 0 unspecified atom stereocenters. The van der Waals surface area contributed by atoms with Gasteiger partial charge in [0.25, 0.3) is 0 Å². The molecule has 0 fully saturated rings. The maximum absolute atomic E-state index is 10.3. The van der Waals surface area contributed by atoms with Crippen molar-refractivity contribution < 1.29 is 4.79 Å². The number of rotatable bonds is 0. The number of ketones is 1. The number of nitrogens with zero attached hydrogens (tertiary/aromatic N) is 1. The Morgan fingerprint density at radius 2 is 2.71 bits per heavy atom. The highest BCUT2D eigenvalue weighted by atomic mass is 32.2. The van der Waals surface area contributed by atoms with Gasteiger partial charge in [0.2, 0.25) is 0 Å². The van der Waals surface area contributed by atoms with Crippen LogP contribution in [-0.2, 0) is 4.79 Å². The van der Waals surface area contributed by atoms with Crippen molar-refractivity contribution >= 4 is 23.8 Å². The summed E-state index contributed by atoms with van der Waals surface area (Å²) in [5.74, 6) is 1.51. The van der Waals surface area contributed by atoms with E-state index in [1.54, 1.807) is 11.8 Å². The summed E-state index contributed by atoms with van der Waals surface area (Å²) in [6, 6.07) is 0. The third-order valence-electron chi connectivity index (χ3n) is 0.645. The van der Waals surface area contributed by atoms with Gasteiger partial charge < -0.3 is 0 Å². The number of carbonyl (C=O) groups excluding carboxylic acids is 1. The minimum Gasteiger partial charge on any atom is -0.292 e. The molecule has 0 bridgehead atoms. The molecule has 1 aliphatic rings. The van der Waals surface area contributed by atoms with Crippen LogP contribution in [0.1, 0.15) is 0 Å². The van der Waals surface area contributed by atoms with Crippen LogP contribution >= 0.6 is 11.8 Å². The maximum atomic E-state index is 10.3. The Morgan fingerprint density at radius 1 is 1.86 bits per heavy atom. The van der Waals surface area contributed by atoms with Gasteiger partial charge in [0.05, 0.1) is 17.8 Å². The number of carbonyl (C=O) groups is 1. The van der Waals surface area contributed by atoms with Crippen molar-refractivity contribution in [2.24, 2.45) is 4.99 Å². The molecule has 0 saturated carbocycles. The van der Waals surface area contributed by atoms with Crippen LogP contribution in [0.3, 0.4) is 0 Å². The quantitative estimate of drug-likeness (QED) is 0.455. The SMILES string of the molecule is O=C1C=NCSC1. The lowest BCUT2D eigenvalue weighted by atomic mass is 10.5. The molecule has 0 N–H and O–H groups in total. The molecule has 0 saturated heterocycles. The first-order valence-electron chi connectivity index (χ1n) is 2.00. The summed E-state index contributed by atoms with van der Waals surface area (Å²) in [7, 11) is 0. The van der Waals surface area contributed by atoms with Crippen LogP contribution in [0.25, 0.3) is 0 Å². The molecule has 0 aromatic heterocycles. The molecule has 0 amide bonds. The van der Waals surface area contributed by atoms with E-state index in [1.807, 2.05) is 0 Å². The highest BCUT2D eigenvalue weighted by Gasteiger charge is 2.00. The molecule has 1 rings (SSSR count). The summed E-state index contributed by atoms with van der Waals surface area (Å²) < 4.78 is 0. The Kier molecular flexibility index (Phi) is 1.46. The zero-order valence-electron chi connectivity index (χ0n) is 3.76. The van der Waals surface area contributed by atoms with Gasteiger partial charge in [0.15, 0.2) is 5.78 Å². The minimum absolute atomic E-state index is 0.135. The van der Waals surface area contributed by atoms with Crippen molar-refractivity contribution in [3.63, 3.8) is 0 Å². The van der Waals surface area contributed by atoms with E-state index in [4.69, 9.17) is 0 Å². The lowest BCUT2D eigenvalue weighted by Crippen LogP contribution is -2.07. The number of thioether (sulfide) groups is 1. The molecule has 0 atom stereocenters. The molecule has 0 radical (unpaired) electrons. The van der Waals surface area contributed by atoms with Gasteiger partial charge in [-0.15, -0.1) is 11.8 Å². The lowest BCUT2D eigenvalue weighted by Gasteiger charge is -1.97. The third-order valence-corrected chi connectivity index (χ3v) is 1.47. The molecule has 1 heterocycles. The van der Waals surface area contributed by atoms with E-state index < -0.39 is 0 Å². The summed E-state index contributed by atoms with van der Waals surface area (Å²) in [5.41, 5.74) is 0. The number of aliphatic imine (C=N–C) groups is 1. The molecule has 0 aromatic carbocycles. The van der Waals surface area contributed by atoms with Crippen LogP contribution in [0.4, 0.5) is 0 Å². The Hall–Kier alpha value is -0.310. The number of hydrogen-bond donors (Lipinski definition) is 0. The average molecular weight is 115 g/mol. The molecular weight excluding hydrogens is 110 g/mol. The molecule has 0 aliphatic carbocycles. The average Bonchev–Trinajstić information content (AvgIpc) is 1.69. The van der Waals surface area contributed by atoms with E-state index in [1.165, 1.54) is 6.21 Å². The van der Waals surface area contributed by atoms with Gasteiger partial charge in [-0.3, -0.25) is 9.79 Å². The van der Waals surface area contributed by atoms with Crippen molar-refractivity contribution in [1.29, 1.82) is 0 Å². The summed E-state index contributed by atoms with van der Waals surface area (Å²) in [5, 5.41) is 0. The second kappa shape index (κ2) is 2.12. The molecule has 7 heavy (non-hydrogen) atoms. The molecule has 2 nitrogen and oxygen atoms in total. The summed E-state index contributed by atoms with van der Waals surface area (Å²) in [6.07, 6.45) is 1.40. The molecule has 3 heteroatoms. The van der Waals surface area contributed by atoms with Gasteiger partial charge in [0, 0.05) is 0 Å². The maximum Gasteiger partial charge on any atom is 0.183 e. The van der Waals surface area contributed by atoms with Crippen LogP contribution in [0.15, 0.2) is 4.99 Å². The molecule has 0 spiro atoms. The van der Waals surface area contributed by atoms with Gasteiger partial charge in [-0.05, 0) is 0 Å². The van der Waals surface area contributed by atoms with Crippen LogP contribution in [0.5, 0.6) is 0 Å². The van der Waals surface area contributed by atoms with Crippen molar-refractivity contribution in [1.82, 2.24) is 0 Å². The van der Waals surface area contributed by atoms with E-state index in [0.29, 0.717) is 5.75 Å². The van der Waals surface area contributed by atoms with Gasteiger partial charge in [-0.1, -0.05) is 0 Å². The van der Waals surface area contributed by atoms with Crippen molar-refractivity contribution in [2.45, 2.75) is 0 Å². The van der Waals surface area contributed by atoms with Gasteiger partial charge >= 0.3 is 0 Å². The van der Waals surface area contributed by atoms with Gasteiger partial charge in [-0.2, -0.15) is 0 Å². The fourth-order valence-electron chi connectivity index (χ4n) is 0.375. The summed E-state index contributed by atoms with van der Waals surface area (Å²) in [4.78, 5) is 14.0. The predicted molar refractivity (Wildman–Crippen MR) is 30.8 cm³/mol. The zero-order valence-corrected chi connectivity index (χ0v) is 4.57. The van der Waals surface area contributed by atoms with E-state index in [0.717, 1.165) is 5.88 Å². The molecule has 38 valence electrons. The second-order valence-corrected chi connectivity index (χ2v) is 2.21. The van der Waals surface area contributed by atoms with E-state index in [9.17, 15) is 4.79 Å². The first-order chi connectivity index (χ1) is 3.39. The molecular formula is C4H5NOS. The monoisotopic (exact) mass is 115 g/mol. The summed E-state index contributed by atoms with van der Waals surface area (Å²) in [6.45, 7) is 0. The smallest absolute Gasteiger partial charge is 0.183 e. The van der Waals surface area contributed by atoms with Crippen molar-refractivity contribution in [3.8, 4) is 0 Å². The fourth-order valence-corrected chi connectivity index (χ4v) is 0.922. The molecule has 0 aromatic rings. The van der Waals surface area contributed by atoms with E-state index in [-0.39, 0.29) is 5.78 Å². The topological polar surface area (TPSA) is 29.4 Å². The van der Waals surface area contributed by atoms with E-state index >= 15 is 0 Å².